The summed E-state index contributed by atoms with van der Waals surface area (Å²) in [5.74, 6) is 0.00673. The van der Waals surface area contributed by atoms with Crippen molar-refractivity contribution in [3.63, 3.8) is 0 Å². The first-order valence-electron chi connectivity index (χ1n) is 10.6. The molecular formula is C24H24N4O2S. The largest absolute Gasteiger partial charge is 0.424 e. The highest BCUT2D eigenvalue weighted by atomic mass is 32.1. The van der Waals surface area contributed by atoms with Crippen LogP contribution in [0.5, 0.6) is 0 Å². The lowest BCUT2D eigenvalue weighted by atomic mass is 10.0. The van der Waals surface area contributed by atoms with Gasteiger partial charge in [-0.25, -0.2) is 4.98 Å². The Morgan fingerprint density at radius 2 is 1.94 bits per heavy atom. The number of aromatic nitrogens is 2. The third kappa shape index (κ3) is 4.05. The second-order valence-electron chi connectivity index (χ2n) is 7.79. The van der Waals surface area contributed by atoms with Gasteiger partial charge in [0.2, 0.25) is 0 Å². The van der Waals surface area contributed by atoms with Crippen LogP contribution in [0.25, 0.3) is 21.5 Å². The number of anilines is 1. The number of likely N-dealkylation sites (tertiary alicyclic amines) is 1. The van der Waals surface area contributed by atoms with E-state index in [0.717, 1.165) is 52.4 Å². The first-order chi connectivity index (χ1) is 15.2. The van der Waals surface area contributed by atoms with Crippen LogP contribution in [0.4, 0.5) is 6.01 Å². The number of hydrogen-bond donors (Lipinski definition) is 1. The molecule has 7 heteroatoms. The number of thiazole rings is 1. The van der Waals surface area contributed by atoms with Crippen molar-refractivity contribution in [2.24, 2.45) is 0 Å². The quantitative estimate of drug-likeness (QED) is 0.459. The highest BCUT2D eigenvalue weighted by Gasteiger charge is 2.31. The number of rotatable bonds is 5. The van der Waals surface area contributed by atoms with Crippen LogP contribution in [-0.4, -0.2) is 39.9 Å². The van der Waals surface area contributed by atoms with E-state index in [1.54, 1.807) is 11.3 Å². The topological polar surface area (TPSA) is 71.3 Å². The molecule has 0 saturated carbocycles. The molecule has 1 aliphatic heterocycles. The predicted molar refractivity (Wildman–Crippen MR) is 123 cm³/mol. The summed E-state index contributed by atoms with van der Waals surface area (Å²) in [6.45, 7) is 3.29. The Morgan fingerprint density at radius 1 is 1.13 bits per heavy atom. The first kappa shape index (κ1) is 19.8. The lowest BCUT2D eigenvalue weighted by Gasteiger charge is -2.35. The molecule has 0 bridgehead atoms. The Bertz CT molecular complexity index is 1170. The van der Waals surface area contributed by atoms with Gasteiger partial charge in [-0.05, 0) is 43.9 Å². The van der Waals surface area contributed by atoms with Crippen LogP contribution in [0.3, 0.4) is 0 Å². The fraction of sp³-hybridized carbons (Fsp3) is 0.292. The number of carbonyl (C=O) groups excluding carboxylic acids is 1. The van der Waals surface area contributed by atoms with Crippen LogP contribution in [0, 0.1) is 6.92 Å². The van der Waals surface area contributed by atoms with Gasteiger partial charge in [-0.1, -0.05) is 42.5 Å². The molecule has 0 aliphatic carbocycles. The molecule has 31 heavy (non-hydrogen) atoms. The van der Waals surface area contributed by atoms with E-state index >= 15 is 0 Å². The van der Waals surface area contributed by atoms with Crippen LogP contribution in [-0.2, 0) is 0 Å². The lowest BCUT2D eigenvalue weighted by molar-refractivity contribution is 0.0623. The van der Waals surface area contributed by atoms with Crippen molar-refractivity contribution in [3.05, 3.63) is 65.3 Å². The first-order valence-corrected chi connectivity index (χ1v) is 11.4. The highest BCUT2D eigenvalue weighted by molar-refractivity contribution is 7.15. The SMILES string of the molecule is Cc1nc(C(=O)N2CCCCC2CNc2nc3ccccc3o2)c(-c2ccccc2)s1. The number of nitrogens with one attached hydrogen (secondary N) is 1. The zero-order valence-electron chi connectivity index (χ0n) is 17.4. The molecule has 1 N–H and O–H groups in total. The van der Waals surface area contributed by atoms with Gasteiger partial charge < -0.3 is 14.6 Å². The van der Waals surface area contributed by atoms with E-state index in [-0.39, 0.29) is 11.9 Å². The molecule has 4 aromatic rings. The summed E-state index contributed by atoms with van der Waals surface area (Å²) in [6.07, 6.45) is 3.06. The van der Waals surface area contributed by atoms with E-state index in [1.165, 1.54) is 0 Å². The van der Waals surface area contributed by atoms with Gasteiger partial charge in [0.1, 0.15) is 11.2 Å². The van der Waals surface area contributed by atoms with Gasteiger partial charge in [0.25, 0.3) is 11.9 Å². The van der Waals surface area contributed by atoms with Crippen molar-refractivity contribution in [2.45, 2.75) is 32.2 Å². The molecule has 2 aromatic carbocycles. The molecule has 1 unspecified atom stereocenters. The van der Waals surface area contributed by atoms with Crippen LogP contribution in [0.15, 0.2) is 59.0 Å². The normalized spacial score (nSPS) is 16.5. The number of benzene rings is 2. The summed E-state index contributed by atoms with van der Waals surface area (Å²) in [5.41, 5.74) is 3.18. The molecule has 1 fully saturated rings. The maximum Gasteiger partial charge on any atom is 0.295 e. The van der Waals surface area contributed by atoms with Gasteiger partial charge in [-0.15, -0.1) is 11.3 Å². The van der Waals surface area contributed by atoms with E-state index in [0.29, 0.717) is 18.3 Å². The molecule has 5 rings (SSSR count). The molecule has 1 saturated heterocycles. The zero-order valence-corrected chi connectivity index (χ0v) is 18.2. The predicted octanol–water partition coefficient (Wildman–Crippen LogP) is 5.37. The summed E-state index contributed by atoms with van der Waals surface area (Å²) in [5, 5.41) is 4.21. The van der Waals surface area contributed by atoms with Gasteiger partial charge >= 0.3 is 0 Å². The monoisotopic (exact) mass is 432 g/mol. The standard InChI is InChI=1S/C24H24N4O2S/c1-16-26-21(22(31-16)17-9-3-2-4-10-17)23(29)28-14-8-7-11-18(28)15-25-24-27-19-12-5-6-13-20(19)30-24/h2-6,9-10,12-13,18H,7-8,11,14-15H2,1H3,(H,25,27). The third-order valence-corrected chi connectivity index (χ3v) is 6.66. The molecule has 1 atom stereocenters. The second-order valence-corrected chi connectivity index (χ2v) is 9.00. The van der Waals surface area contributed by atoms with Crippen molar-refractivity contribution in [3.8, 4) is 10.4 Å². The minimum atomic E-state index is 0.00673. The minimum absolute atomic E-state index is 0.00673. The molecule has 1 aliphatic rings. The highest BCUT2D eigenvalue weighted by Crippen LogP contribution is 2.32. The van der Waals surface area contributed by atoms with E-state index in [1.807, 2.05) is 66.4 Å². The summed E-state index contributed by atoms with van der Waals surface area (Å²) >= 11 is 1.57. The number of para-hydroxylation sites is 2. The Morgan fingerprint density at radius 3 is 2.77 bits per heavy atom. The molecule has 2 aromatic heterocycles. The molecular weight excluding hydrogens is 408 g/mol. The van der Waals surface area contributed by atoms with Crippen LogP contribution >= 0.6 is 11.3 Å². The number of carbonyl (C=O) groups is 1. The molecule has 0 spiro atoms. The fourth-order valence-electron chi connectivity index (χ4n) is 4.13. The van der Waals surface area contributed by atoms with Gasteiger partial charge in [0, 0.05) is 19.1 Å². The average Bonchev–Trinajstić information content (AvgIpc) is 3.41. The number of amides is 1. The number of hydrogen-bond acceptors (Lipinski definition) is 6. The molecule has 3 heterocycles. The van der Waals surface area contributed by atoms with Crippen LogP contribution < -0.4 is 5.32 Å². The van der Waals surface area contributed by atoms with Crippen molar-refractivity contribution in [1.82, 2.24) is 14.9 Å². The van der Waals surface area contributed by atoms with E-state index < -0.39 is 0 Å². The maximum absolute atomic E-state index is 13.6. The number of aryl methyl sites for hydroxylation is 1. The Balaban J connectivity index is 1.36. The van der Waals surface area contributed by atoms with Crippen molar-refractivity contribution < 1.29 is 9.21 Å². The molecule has 1 amide bonds. The number of fused-ring (bicyclic) bond motifs is 1. The fourth-order valence-corrected chi connectivity index (χ4v) is 5.04. The summed E-state index contributed by atoms with van der Waals surface area (Å²) in [7, 11) is 0. The summed E-state index contributed by atoms with van der Waals surface area (Å²) < 4.78 is 5.78. The Kier molecular flexibility index (Phi) is 5.42. The van der Waals surface area contributed by atoms with E-state index in [4.69, 9.17) is 4.42 Å². The average molecular weight is 433 g/mol. The van der Waals surface area contributed by atoms with Gasteiger partial charge in [-0.3, -0.25) is 4.79 Å². The molecule has 6 nitrogen and oxygen atoms in total. The van der Waals surface area contributed by atoms with Gasteiger partial charge in [-0.2, -0.15) is 4.98 Å². The molecule has 0 radical (unpaired) electrons. The van der Waals surface area contributed by atoms with Crippen LogP contribution in [0.2, 0.25) is 0 Å². The Hall–Kier alpha value is -3.19. The van der Waals surface area contributed by atoms with Crippen molar-refractivity contribution in [1.29, 1.82) is 0 Å². The second kappa shape index (κ2) is 8.51. The van der Waals surface area contributed by atoms with Gasteiger partial charge in [0.15, 0.2) is 5.58 Å². The van der Waals surface area contributed by atoms with Crippen molar-refractivity contribution >= 4 is 34.4 Å². The van der Waals surface area contributed by atoms with Crippen molar-refractivity contribution in [2.75, 3.05) is 18.4 Å². The molecule has 158 valence electrons. The number of oxazole rings is 1. The summed E-state index contributed by atoms with van der Waals surface area (Å²) in [6, 6.07) is 18.3. The number of nitrogens with zero attached hydrogens (tertiary/aromatic N) is 3. The summed E-state index contributed by atoms with van der Waals surface area (Å²) in [4.78, 5) is 25.6. The zero-order chi connectivity index (χ0) is 21.2. The maximum atomic E-state index is 13.6. The van der Waals surface area contributed by atoms with Gasteiger partial charge in [0.05, 0.1) is 9.88 Å². The van der Waals surface area contributed by atoms with Crippen LogP contribution in [0.1, 0.15) is 34.8 Å². The minimum Gasteiger partial charge on any atom is -0.424 e. The lowest BCUT2D eigenvalue weighted by Crippen LogP contribution is -2.47. The number of piperidine rings is 1. The van der Waals surface area contributed by atoms with E-state index in [2.05, 4.69) is 15.3 Å². The smallest absolute Gasteiger partial charge is 0.295 e. The third-order valence-electron chi connectivity index (χ3n) is 5.64. The Labute approximate surface area is 184 Å². The van der Waals surface area contributed by atoms with E-state index in [9.17, 15) is 4.79 Å².